The summed E-state index contributed by atoms with van der Waals surface area (Å²) in [6, 6.07) is 19.7. The summed E-state index contributed by atoms with van der Waals surface area (Å²) in [7, 11) is -3.80. The Labute approximate surface area is 214 Å². The average molecular weight is 510 g/mol. The first-order valence-corrected chi connectivity index (χ1v) is 14.1. The molecule has 0 saturated carbocycles. The molecule has 1 N–H and O–H groups in total. The van der Waals surface area contributed by atoms with E-state index in [0.29, 0.717) is 12.2 Å². The Morgan fingerprint density at radius 1 is 0.972 bits per heavy atom. The van der Waals surface area contributed by atoms with Crippen molar-refractivity contribution >= 4 is 38.3 Å². The van der Waals surface area contributed by atoms with E-state index in [9.17, 15) is 18.0 Å². The second-order valence-electron chi connectivity index (χ2n) is 9.04. The lowest BCUT2D eigenvalue weighted by molar-refractivity contribution is -0.139. The topological polar surface area (TPSA) is 86.8 Å². The van der Waals surface area contributed by atoms with Gasteiger partial charge in [-0.2, -0.15) is 0 Å². The summed E-state index contributed by atoms with van der Waals surface area (Å²) >= 11 is 0. The van der Waals surface area contributed by atoms with E-state index in [1.807, 2.05) is 68.4 Å². The van der Waals surface area contributed by atoms with E-state index < -0.39 is 28.5 Å². The molecule has 7 nitrogen and oxygen atoms in total. The van der Waals surface area contributed by atoms with Gasteiger partial charge in [-0.05, 0) is 42.8 Å². The van der Waals surface area contributed by atoms with Gasteiger partial charge >= 0.3 is 0 Å². The lowest BCUT2D eigenvalue weighted by Crippen LogP contribution is -2.51. The largest absolute Gasteiger partial charge is 0.354 e. The molecule has 0 heterocycles. The van der Waals surface area contributed by atoms with Crippen molar-refractivity contribution in [1.82, 2.24) is 10.2 Å². The van der Waals surface area contributed by atoms with Gasteiger partial charge in [0.2, 0.25) is 21.8 Å². The molecule has 0 unspecified atom stereocenters. The quantitative estimate of drug-likeness (QED) is 0.392. The zero-order valence-corrected chi connectivity index (χ0v) is 22.2. The third kappa shape index (κ3) is 6.63. The number of aryl methyl sites for hydroxylation is 1. The summed E-state index contributed by atoms with van der Waals surface area (Å²) in [5.74, 6) is -0.712. The number of rotatable bonds is 11. The molecule has 3 aromatic carbocycles. The van der Waals surface area contributed by atoms with Crippen molar-refractivity contribution in [2.24, 2.45) is 0 Å². The van der Waals surface area contributed by atoms with Gasteiger partial charge in [-0.3, -0.25) is 13.9 Å². The van der Waals surface area contributed by atoms with Gasteiger partial charge in [-0.15, -0.1) is 0 Å². The van der Waals surface area contributed by atoms with Gasteiger partial charge < -0.3 is 10.2 Å². The lowest BCUT2D eigenvalue weighted by atomic mass is 10.1. The van der Waals surface area contributed by atoms with Crippen molar-refractivity contribution in [3.63, 3.8) is 0 Å². The first-order chi connectivity index (χ1) is 17.1. The standard InChI is InChI=1S/C28H35N3O4S/c1-5-6-18-29-28(33)22(3)30(19-24-14-8-7-12-21(24)2)27(32)20-31(36(4,34)35)26-17-11-15-23-13-9-10-16-25(23)26/h7-17,22H,5-6,18-20H2,1-4H3,(H,29,33)/t22-/m0/s1. The number of unbranched alkanes of at least 4 members (excludes halogenated alkanes) is 1. The molecular formula is C28H35N3O4S. The SMILES string of the molecule is CCCCNC(=O)[C@H](C)N(Cc1ccccc1C)C(=O)CN(c1cccc2ccccc12)S(C)(=O)=O. The van der Waals surface area contributed by atoms with E-state index in [2.05, 4.69) is 5.32 Å². The van der Waals surface area contributed by atoms with Crippen LogP contribution in [0.1, 0.15) is 37.8 Å². The number of hydrogen-bond donors (Lipinski definition) is 1. The van der Waals surface area contributed by atoms with Crippen molar-refractivity contribution in [2.45, 2.75) is 46.2 Å². The molecule has 2 amide bonds. The van der Waals surface area contributed by atoms with Crippen molar-refractivity contribution in [2.75, 3.05) is 23.7 Å². The van der Waals surface area contributed by atoms with Crippen molar-refractivity contribution in [3.05, 3.63) is 77.9 Å². The fraction of sp³-hybridized carbons (Fsp3) is 0.357. The van der Waals surface area contributed by atoms with Crippen LogP contribution in [0.5, 0.6) is 0 Å². The van der Waals surface area contributed by atoms with Crippen LogP contribution in [0.2, 0.25) is 0 Å². The van der Waals surface area contributed by atoms with E-state index in [1.54, 1.807) is 19.1 Å². The van der Waals surface area contributed by atoms with Crippen LogP contribution in [0.25, 0.3) is 10.8 Å². The molecule has 0 aliphatic rings. The minimum Gasteiger partial charge on any atom is -0.354 e. The summed E-state index contributed by atoms with van der Waals surface area (Å²) < 4.78 is 26.9. The third-order valence-electron chi connectivity index (χ3n) is 6.31. The minimum absolute atomic E-state index is 0.195. The molecule has 8 heteroatoms. The summed E-state index contributed by atoms with van der Waals surface area (Å²) in [5, 5.41) is 4.50. The van der Waals surface area contributed by atoms with E-state index in [1.165, 1.54) is 4.90 Å². The number of hydrogen-bond acceptors (Lipinski definition) is 4. The highest BCUT2D eigenvalue weighted by Crippen LogP contribution is 2.28. The van der Waals surface area contributed by atoms with Gasteiger partial charge in [0.1, 0.15) is 12.6 Å². The molecule has 36 heavy (non-hydrogen) atoms. The summed E-state index contributed by atoms with van der Waals surface area (Å²) in [4.78, 5) is 28.1. The zero-order chi connectivity index (χ0) is 26.3. The molecule has 3 aromatic rings. The molecule has 0 saturated heterocycles. The highest BCUT2D eigenvalue weighted by Gasteiger charge is 2.30. The molecular weight excluding hydrogens is 474 g/mol. The summed E-state index contributed by atoms with van der Waals surface area (Å²) in [6.07, 6.45) is 2.87. The molecule has 192 valence electrons. The summed E-state index contributed by atoms with van der Waals surface area (Å²) in [5.41, 5.74) is 2.32. The zero-order valence-electron chi connectivity index (χ0n) is 21.4. The Morgan fingerprint density at radius 2 is 1.64 bits per heavy atom. The number of anilines is 1. The van der Waals surface area contributed by atoms with E-state index in [4.69, 9.17) is 0 Å². The molecule has 1 atom stereocenters. The van der Waals surface area contributed by atoms with Crippen LogP contribution in [0.3, 0.4) is 0 Å². The second-order valence-corrected chi connectivity index (χ2v) is 10.9. The number of nitrogens with one attached hydrogen (secondary N) is 1. The molecule has 0 spiro atoms. The first-order valence-electron chi connectivity index (χ1n) is 12.2. The van der Waals surface area contributed by atoms with Crippen LogP contribution in [-0.2, 0) is 26.2 Å². The number of carbonyl (C=O) groups excluding carboxylic acids is 2. The predicted octanol–water partition coefficient (Wildman–Crippen LogP) is 4.25. The van der Waals surface area contributed by atoms with Crippen LogP contribution < -0.4 is 9.62 Å². The molecule has 0 radical (unpaired) electrons. The van der Waals surface area contributed by atoms with Crippen LogP contribution in [-0.4, -0.2) is 50.5 Å². The predicted molar refractivity (Wildman–Crippen MR) is 145 cm³/mol. The Bertz CT molecular complexity index is 1320. The molecule has 0 aliphatic carbocycles. The number of nitrogens with zero attached hydrogens (tertiary/aromatic N) is 2. The van der Waals surface area contributed by atoms with Crippen molar-refractivity contribution in [1.29, 1.82) is 0 Å². The fourth-order valence-electron chi connectivity index (χ4n) is 4.11. The lowest BCUT2D eigenvalue weighted by Gasteiger charge is -2.32. The molecule has 0 bridgehead atoms. The van der Waals surface area contributed by atoms with Crippen molar-refractivity contribution < 1.29 is 18.0 Å². The highest BCUT2D eigenvalue weighted by atomic mass is 32.2. The maximum absolute atomic E-state index is 13.7. The molecule has 0 fully saturated rings. The molecule has 3 rings (SSSR count). The highest BCUT2D eigenvalue weighted by molar-refractivity contribution is 7.92. The van der Waals surface area contributed by atoms with Gasteiger partial charge in [0.25, 0.3) is 0 Å². The van der Waals surface area contributed by atoms with E-state index >= 15 is 0 Å². The molecule has 0 aromatic heterocycles. The van der Waals surface area contributed by atoms with E-state index in [0.717, 1.165) is 45.3 Å². The fourth-order valence-corrected chi connectivity index (χ4v) is 4.97. The maximum Gasteiger partial charge on any atom is 0.244 e. The monoisotopic (exact) mass is 509 g/mol. The second kappa shape index (κ2) is 12.0. The normalized spacial score (nSPS) is 12.2. The third-order valence-corrected chi connectivity index (χ3v) is 7.44. The Balaban J connectivity index is 1.97. The number of amides is 2. The van der Waals surface area contributed by atoms with Crippen LogP contribution in [0.4, 0.5) is 5.69 Å². The summed E-state index contributed by atoms with van der Waals surface area (Å²) in [6.45, 7) is 5.98. The Hall–Kier alpha value is -3.39. The van der Waals surface area contributed by atoms with Crippen LogP contribution >= 0.6 is 0 Å². The smallest absolute Gasteiger partial charge is 0.244 e. The van der Waals surface area contributed by atoms with Gasteiger partial charge in [-0.1, -0.05) is 74.0 Å². The maximum atomic E-state index is 13.7. The number of fused-ring (bicyclic) bond motifs is 1. The van der Waals surface area contributed by atoms with Gasteiger partial charge in [0, 0.05) is 18.5 Å². The van der Waals surface area contributed by atoms with E-state index in [-0.39, 0.29) is 12.5 Å². The number of sulfonamides is 1. The first kappa shape index (κ1) is 27.2. The van der Waals surface area contributed by atoms with Crippen LogP contribution in [0.15, 0.2) is 66.7 Å². The van der Waals surface area contributed by atoms with Gasteiger partial charge in [-0.25, -0.2) is 8.42 Å². The minimum atomic E-state index is -3.80. The Morgan fingerprint density at radius 3 is 2.33 bits per heavy atom. The number of benzene rings is 3. The Kier molecular flexibility index (Phi) is 9.09. The average Bonchev–Trinajstić information content (AvgIpc) is 2.85. The van der Waals surface area contributed by atoms with Gasteiger partial charge in [0.15, 0.2) is 0 Å². The molecule has 0 aliphatic heterocycles. The van der Waals surface area contributed by atoms with Crippen LogP contribution in [0, 0.1) is 6.92 Å². The number of carbonyl (C=O) groups is 2. The van der Waals surface area contributed by atoms with Crippen molar-refractivity contribution in [3.8, 4) is 0 Å². The van der Waals surface area contributed by atoms with Gasteiger partial charge in [0.05, 0.1) is 11.9 Å².